The van der Waals surface area contributed by atoms with Crippen LogP contribution in [0.15, 0.2) is 65.1 Å². The van der Waals surface area contributed by atoms with E-state index in [9.17, 15) is 14.4 Å². The smallest absolute Gasteiger partial charge is 0.328 e. The zero-order chi connectivity index (χ0) is 35.2. The van der Waals surface area contributed by atoms with E-state index < -0.39 is 6.03 Å². The van der Waals surface area contributed by atoms with Gasteiger partial charge in [-0.15, -0.1) is 0 Å². The van der Waals surface area contributed by atoms with E-state index in [-0.39, 0.29) is 30.9 Å². The van der Waals surface area contributed by atoms with E-state index in [0.29, 0.717) is 61.5 Å². The lowest BCUT2D eigenvalue weighted by Crippen LogP contribution is -2.50. The fourth-order valence-corrected chi connectivity index (χ4v) is 6.39. The van der Waals surface area contributed by atoms with Crippen molar-refractivity contribution in [3.8, 4) is 17.2 Å². The highest BCUT2D eigenvalue weighted by Crippen LogP contribution is 2.35. The first kappa shape index (κ1) is 34.9. The summed E-state index contributed by atoms with van der Waals surface area (Å²) in [7, 11) is 1.62. The van der Waals surface area contributed by atoms with Crippen LogP contribution in [-0.4, -0.2) is 97.2 Å². The maximum Gasteiger partial charge on any atom is 0.328 e. The lowest BCUT2D eigenvalue weighted by atomic mass is 10.1. The molecule has 3 aromatic carbocycles. The maximum absolute atomic E-state index is 12.9. The Morgan fingerprint density at radius 1 is 0.980 bits per heavy atom. The highest BCUT2D eigenvalue weighted by Gasteiger charge is 2.25. The second-order valence-corrected chi connectivity index (χ2v) is 13.1. The van der Waals surface area contributed by atoms with Crippen LogP contribution in [0.3, 0.4) is 0 Å². The number of aromatic nitrogens is 2. The van der Waals surface area contributed by atoms with Crippen molar-refractivity contribution in [1.82, 2.24) is 25.1 Å². The summed E-state index contributed by atoms with van der Waals surface area (Å²) in [5.74, 6) is 2.74. The predicted molar refractivity (Wildman–Crippen MR) is 193 cm³/mol. The number of amides is 4. The Kier molecular flexibility index (Phi) is 11.0. The molecule has 1 atom stereocenters. The number of urea groups is 1. The number of hydrogen-bond acceptors (Lipinski definition) is 10. The van der Waals surface area contributed by atoms with Crippen LogP contribution >= 0.6 is 15.9 Å². The number of rotatable bonds is 12. The first-order valence-electron chi connectivity index (χ1n) is 16.5. The lowest BCUT2D eigenvalue weighted by Gasteiger charge is -2.34. The zero-order valence-electron chi connectivity index (χ0n) is 28.3. The molecule has 0 radical (unpaired) electrons. The van der Waals surface area contributed by atoms with Crippen molar-refractivity contribution in [2.24, 2.45) is 0 Å². The van der Waals surface area contributed by atoms with Gasteiger partial charge in [0.15, 0.2) is 18.1 Å². The van der Waals surface area contributed by atoms with Crippen LogP contribution in [0.4, 0.5) is 16.3 Å². The molecule has 2 N–H and O–H groups in total. The quantitative estimate of drug-likeness (QED) is 0.205. The average Bonchev–Trinajstić information content (AvgIpc) is 3.11. The molecule has 2 aliphatic rings. The Balaban J connectivity index is 0.976. The number of nitrogens with one attached hydrogen (secondary N) is 2. The van der Waals surface area contributed by atoms with Crippen LogP contribution in [0.1, 0.15) is 30.8 Å². The molecule has 0 saturated carbocycles. The minimum Gasteiger partial charge on any atom is -0.493 e. The molecule has 4 amide bonds. The Labute approximate surface area is 299 Å². The number of imide groups is 1. The molecule has 13 nitrogen and oxygen atoms in total. The first-order valence-corrected chi connectivity index (χ1v) is 17.3. The Morgan fingerprint density at radius 3 is 2.48 bits per heavy atom. The highest BCUT2D eigenvalue weighted by atomic mass is 79.9. The van der Waals surface area contributed by atoms with E-state index in [4.69, 9.17) is 19.2 Å². The van der Waals surface area contributed by atoms with Gasteiger partial charge in [-0.25, -0.2) is 14.8 Å². The van der Waals surface area contributed by atoms with Crippen molar-refractivity contribution in [2.45, 2.75) is 26.3 Å². The van der Waals surface area contributed by atoms with Gasteiger partial charge in [-0.2, -0.15) is 0 Å². The summed E-state index contributed by atoms with van der Waals surface area (Å²) in [5.41, 5.74) is 2.54. The molecule has 262 valence electrons. The van der Waals surface area contributed by atoms with E-state index in [1.165, 1.54) is 4.90 Å². The average molecular weight is 747 g/mol. The lowest BCUT2D eigenvalue weighted by molar-refractivity contribution is -0.135. The van der Waals surface area contributed by atoms with Gasteiger partial charge in [0.25, 0.3) is 5.91 Å². The summed E-state index contributed by atoms with van der Waals surface area (Å²) < 4.78 is 18.7. The second-order valence-electron chi connectivity index (χ2n) is 12.2. The van der Waals surface area contributed by atoms with Crippen molar-refractivity contribution >= 4 is 56.2 Å². The molecule has 2 saturated heterocycles. The summed E-state index contributed by atoms with van der Waals surface area (Å²) in [6.45, 7) is 7.96. The molecule has 50 heavy (non-hydrogen) atoms. The number of nitrogens with zero attached hydrogens (tertiary/aromatic N) is 5. The molecule has 1 aromatic heterocycles. The summed E-state index contributed by atoms with van der Waals surface area (Å²) in [4.78, 5) is 51.3. The topological polar surface area (TPSA) is 138 Å². The number of carbonyl (C=O) groups is 3. The predicted octanol–water partition coefficient (Wildman–Crippen LogP) is 4.93. The number of anilines is 2. The fraction of sp³-hybridized carbons (Fsp3) is 0.361. The normalized spacial score (nSPS) is 15.8. The summed E-state index contributed by atoms with van der Waals surface area (Å²) in [6, 6.07) is 18.5. The first-order chi connectivity index (χ1) is 24.2. The van der Waals surface area contributed by atoms with Gasteiger partial charge in [0.1, 0.15) is 24.0 Å². The maximum atomic E-state index is 12.9. The molecule has 2 aliphatic heterocycles. The summed E-state index contributed by atoms with van der Waals surface area (Å²) in [6.07, 6.45) is 0.251. The van der Waals surface area contributed by atoms with Crippen molar-refractivity contribution in [3.05, 3.63) is 76.5 Å². The van der Waals surface area contributed by atoms with Crippen LogP contribution in [0.5, 0.6) is 17.2 Å². The number of benzene rings is 3. The molecule has 0 spiro atoms. The third-order valence-electron chi connectivity index (χ3n) is 8.75. The molecule has 4 aromatic rings. The van der Waals surface area contributed by atoms with Crippen LogP contribution in [0.2, 0.25) is 0 Å². The van der Waals surface area contributed by atoms with Crippen molar-refractivity contribution in [1.29, 1.82) is 0 Å². The molecule has 14 heteroatoms. The number of hydrogen-bond donors (Lipinski definition) is 2. The number of carbonyl (C=O) groups excluding carboxylic acids is 3. The number of halogens is 1. The van der Waals surface area contributed by atoms with E-state index in [1.54, 1.807) is 36.3 Å². The van der Waals surface area contributed by atoms with Gasteiger partial charge in [0.05, 0.1) is 18.7 Å². The Bertz CT molecular complexity index is 1870. The molecule has 0 aliphatic carbocycles. The van der Waals surface area contributed by atoms with Crippen LogP contribution in [0, 0.1) is 6.92 Å². The largest absolute Gasteiger partial charge is 0.493 e. The van der Waals surface area contributed by atoms with Gasteiger partial charge in [-0.05, 0) is 61.9 Å². The van der Waals surface area contributed by atoms with Gasteiger partial charge in [0.2, 0.25) is 5.91 Å². The van der Waals surface area contributed by atoms with E-state index >= 15 is 0 Å². The van der Waals surface area contributed by atoms with E-state index in [1.807, 2.05) is 31.2 Å². The molecule has 2 fully saturated rings. The van der Waals surface area contributed by atoms with Gasteiger partial charge >= 0.3 is 6.03 Å². The van der Waals surface area contributed by atoms with E-state index in [0.717, 1.165) is 39.8 Å². The van der Waals surface area contributed by atoms with Crippen LogP contribution < -0.4 is 29.7 Å². The second kappa shape index (κ2) is 15.7. The highest BCUT2D eigenvalue weighted by molar-refractivity contribution is 9.10. The standard InChI is InChI=1S/C36H40BrN7O6/c1-23(25-5-4-6-26(37)19-25)38-35-29-20-31(48-3)32(21-30(29)39-24(2)40-35)49-18-17-42-13-15-43(16-14-42)34(46)22-50-28-9-7-27(8-10-28)44-12-11-33(45)41-36(44)47/h4-10,19-21,23H,11-18,22H2,1-3H3,(H,38,39,40)(H,41,45,47)/t23-/m1/s1. The van der Waals surface area contributed by atoms with Gasteiger partial charge in [0, 0.05) is 67.3 Å². The molecule has 3 heterocycles. The number of piperazine rings is 1. The number of methoxy groups -OCH3 is 1. The van der Waals surface area contributed by atoms with Gasteiger partial charge in [-0.1, -0.05) is 28.1 Å². The summed E-state index contributed by atoms with van der Waals surface area (Å²) in [5, 5.41) is 6.69. The van der Waals surface area contributed by atoms with Gasteiger partial charge < -0.3 is 24.4 Å². The number of ether oxygens (including phenoxy) is 3. The molecule has 6 rings (SSSR count). The number of fused-ring (bicyclic) bond motifs is 1. The molecule has 0 unspecified atom stereocenters. The minimum atomic E-state index is -0.445. The Morgan fingerprint density at radius 2 is 1.76 bits per heavy atom. The van der Waals surface area contributed by atoms with Crippen molar-refractivity contribution in [3.63, 3.8) is 0 Å². The van der Waals surface area contributed by atoms with E-state index in [2.05, 4.69) is 55.5 Å². The third-order valence-corrected chi connectivity index (χ3v) is 9.24. The Hall–Kier alpha value is -4.95. The molecule has 0 bridgehead atoms. The van der Waals surface area contributed by atoms with Crippen molar-refractivity contribution in [2.75, 3.05) is 69.8 Å². The van der Waals surface area contributed by atoms with Crippen LogP contribution in [-0.2, 0) is 9.59 Å². The third kappa shape index (κ3) is 8.43. The number of aryl methyl sites for hydroxylation is 1. The monoisotopic (exact) mass is 745 g/mol. The summed E-state index contributed by atoms with van der Waals surface area (Å²) >= 11 is 3.55. The molecular weight excluding hydrogens is 706 g/mol. The zero-order valence-corrected chi connectivity index (χ0v) is 29.9. The molecular formula is C36H40BrN7O6. The van der Waals surface area contributed by atoms with Gasteiger partial charge in [-0.3, -0.25) is 24.7 Å². The fourth-order valence-electron chi connectivity index (χ4n) is 5.97. The van der Waals surface area contributed by atoms with Crippen LogP contribution in [0.25, 0.3) is 10.9 Å². The van der Waals surface area contributed by atoms with Crippen molar-refractivity contribution < 1.29 is 28.6 Å². The minimum absolute atomic E-state index is 0.0135. The SMILES string of the molecule is COc1cc2c(N[C@H](C)c3cccc(Br)c3)nc(C)nc2cc1OCCN1CCN(C(=O)COc2ccc(N3CCC(=O)NC3=O)cc2)CC1.